The zero-order valence-electron chi connectivity index (χ0n) is 19.8. The Morgan fingerprint density at radius 1 is 1.26 bits per heavy atom. The molecule has 1 aliphatic rings. The molecule has 182 valence electrons. The summed E-state index contributed by atoms with van der Waals surface area (Å²) in [5, 5.41) is 12.8. The fraction of sp³-hybridized carbons (Fsp3) is 0.481. The molecule has 1 aliphatic heterocycles. The largest absolute Gasteiger partial charge is 0.497 e. The number of ether oxygens (including phenoxy) is 1. The lowest BCUT2D eigenvalue weighted by molar-refractivity contribution is -0.139. The molecule has 0 aliphatic carbocycles. The normalized spacial score (nSPS) is 18.9. The van der Waals surface area contributed by atoms with E-state index in [4.69, 9.17) is 4.74 Å². The van der Waals surface area contributed by atoms with Crippen molar-refractivity contribution in [2.75, 3.05) is 32.5 Å². The van der Waals surface area contributed by atoms with Crippen LogP contribution in [0.1, 0.15) is 37.7 Å². The molecule has 1 saturated heterocycles. The number of pyridine rings is 1. The number of aromatic nitrogens is 1. The third-order valence-electron chi connectivity index (χ3n) is 6.83. The number of hydrogen-bond acceptors (Lipinski definition) is 6. The van der Waals surface area contributed by atoms with Gasteiger partial charge in [0.1, 0.15) is 5.75 Å². The molecule has 0 spiro atoms. The number of aryl methyl sites for hydroxylation is 1. The van der Waals surface area contributed by atoms with Crippen LogP contribution in [-0.4, -0.2) is 53.5 Å². The second-order valence-electron chi connectivity index (χ2n) is 9.09. The number of carboxylic acids is 1. The number of benzene rings is 1. The second kappa shape index (κ2) is 12.6. The van der Waals surface area contributed by atoms with Crippen LogP contribution in [0.3, 0.4) is 0 Å². The summed E-state index contributed by atoms with van der Waals surface area (Å²) in [4.78, 5) is 18.5. The molecule has 0 amide bonds. The summed E-state index contributed by atoms with van der Waals surface area (Å²) in [6.07, 6.45) is 7.52. The summed E-state index contributed by atoms with van der Waals surface area (Å²) in [7, 11) is 1.69. The van der Waals surface area contributed by atoms with Gasteiger partial charge in [-0.1, -0.05) is 6.07 Å². The third-order valence-corrected chi connectivity index (χ3v) is 9.05. The number of hydrogen-bond donors (Lipinski definition) is 1. The van der Waals surface area contributed by atoms with Crippen LogP contribution in [0.2, 0.25) is 0 Å². The molecule has 3 aromatic rings. The predicted molar refractivity (Wildman–Crippen MR) is 141 cm³/mol. The number of aliphatic carboxylic acids is 1. The molecule has 3 heterocycles. The van der Waals surface area contributed by atoms with E-state index in [1.807, 2.05) is 30.1 Å². The smallest absolute Gasteiger partial charge is 0.303 e. The van der Waals surface area contributed by atoms with E-state index in [9.17, 15) is 9.90 Å². The van der Waals surface area contributed by atoms with Crippen molar-refractivity contribution < 1.29 is 14.6 Å². The SMILES string of the molecule is COc1ccc2nccc(CCC[C@@H]3CCN(CCCSc4cccs4)C[C@@H]3CC(=O)O)c2c1. The maximum Gasteiger partial charge on any atom is 0.303 e. The quantitative estimate of drug-likeness (QED) is 0.236. The molecule has 0 saturated carbocycles. The van der Waals surface area contributed by atoms with Crippen molar-refractivity contribution in [2.45, 2.75) is 42.7 Å². The summed E-state index contributed by atoms with van der Waals surface area (Å²) < 4.78 is 6.78. The number of fused-ring (bicyclic) bond motifs is 1. The number of piperidine rings is 1. The van der Waals surface area contributed by atoms with Gasteiger partial charge < -0.3 is 14.7 Å². The molecule has 1 aromatic carbocycles. The van der Waals surface area contributed by atoms with Gasteiger partial charge in [0.05, 0.1) is 16.8 Å². The summed E-state index contributed by atoms with van der Waals surface area (Å²) in [6, 6.07) is 12.4. The summed E-state index contributed by atoms with van der Waals surface area (Å²) in [5.41, 5.74) is 2.28. The minimum absolute atomic E-state index is 0.241. The van der Waals surface area contributed by atoms with E-state index in [0.717, 1.165) is 74.1 Å². The van der Waals surface area contributed by atoms with Crippen molar-refractivity contribution in [3.63, 3.8) is 0 Å². The zero-order valence-corrected chi connectivity index (χ0v) is 21.5. The Labute approximate surface area is 210 Å². The van der Waals surface area contributed by atoms with Crippen LogP contribution in [0.5, 0.6) is 5.75 Å². The monoisotopic (exact) mass is 498 g/mol. The van der Waals surface area contributed by atoms with Gasteiger partial charge in [0.2, 0.25) is 0 Å². The number of rotatable bonds is 12. The van der Waals surface area contributed by atoms with Gasteiger partial charge in [0, 0.05) is 30.3 Å². The average Bonchev–Trinajstić information content (AvgIpc) is 3.36. The highest BCUT2D eigenvalue weighted by molar-refractivity contribution is 8.01. The molecule has 1 fully saturated rings. The van der Waals surface area contributed by atoms with Gasteiger partial charge in [-0.3, -0.25) is 9.78 Å². The Kier molecular flexibility index (Phi) is 9.25. The van der Waals surface area contributed by atoms with Gasteiger partial charge in [-0.15, -0.1) is 23.1 Å². The Bertz CT molecular complexity index is 1060. The van der Waals surface area contributed by atoms with Gasteiger partial charge in [-0.05, 0) is 98.3 Å². The first-order valence-corrected chi connectivity index (χ1v) is 14.0. The third kappa shape index (κ3) is 6.96. The van der Waals surface area contributed by atoms with Crippen molar-refractivity contribution in [2.24, 2.45) is 11.8 Å². The molecule has 2 atom stereocenters. The lowest BCUT2D eigenvalue weighted by Crippen LogP contribution is -2.41. The number of carbonyl (C=O) groups is 1. The highest BCUT2D eigenvalue weighted by Crippen LogP contribution is 2.32. The molecule has 4 rings (SSSR count). The maximum absolute atomic E-state index is 11.6. The van der Waals surface area contributed by atoms with Crippen LogP contribution in [-0.2, 0) is 11.2 Å². The van der Waals surface area contributed by atoms with Crippen LogP contribution in [0, 0.1) is 11.8 Å². The summed E-state index contributed by atoms with van der Waals surface area (Å²) in [6.45, 7) is 3.06. The van der Waals surface area contributed by atoms with E-state index in [1.165, 1.54) is 9.77 Å². The molecule has 34 heavy (non-hydrogen) atoms. The first kappa shape index (κ1) is 25.0. The van der Waals surface area contributed by atoms with Gasteiger partial charge >= 0.3 is 5.97 Å². The molecule has 0 radical (unpaired) electrons. The molecule has 2 aromatic heterocycles. The maximum atomic E-state index is 11.6. The predicted octanol–water partition coefficient (Wildman–Crippen LogP) is 6.22. The first-order chi connectivity index (χ1) is 16.6. The molecule has 0 bridgehead atoms. The van der Waals surface area contributed by atoms with Crippen molar-refractivity contribution in [3.8, 4) is 5.75 Å². The number of nitrogens with zero attached hydrogens (tertiary/aromatic N) is 2. The van der Waals surface area contributed by atoms with Crippen LogP contribution in [0.25, 0.3) is 10.9 Å². The highest BCUT2D eigenvalue weighted by atomic mass is 32.2. The van der Waals surface area contributed by atoms with E-state index in [1.54, 1.807) is 18.4 Å². The first-order valence-electron chi connectivity index (χ1n) is 12.1. The molecule has 1 N–H and O–H groups in total. The fourth-order valence-electron chi connectivity index (χ4n) is 5.08. The Morgan fingerprint density at radius 3 is 2.97 bits per heavy atom. The number of thiophene rings is 1. The van der Waals surface area contributed by atoms with Crippen LogP contribution < -0.4 is 4.74 Å². The lowest BCUT2D eigenvalue weighted by Gasteiger charge is -2.38. The average molecular weight is 499 g/mol. The number of carboxylic acid groups (broad SMARTS) is 1. The van der Waals surface area contributed by atoms with Crippen molar-refractivity contribution in [1.29, 1.82) is 0 Å². The van der Waals surface area contributed by atoms with E-state index in [-0.39, 0.29) is 12.3 Å². The van der Waals surface area contributed by atoms with Crippen molar-refractivity contribution in [1.82, 2.24) is 9.88 Å². The lowest BCUT2D eigenvalue weighted by atomic mass is 9.80. The Morgan fingerprint density at radius 2 is 2.18 bits per heavy atom. The standard InChI is InChI=1S/C27H34N2O3S2/c1-32-23-8-9-25-24(18-23)21(10-12-28-25)6-2-5-20-11-14-29(19-22(20)17-26(30)31)13-4-16-34-27-7-3-15-33-27/h3,7-10,12,15,18,20,22H,2,4-6,11,13-14,16-17,19H2,1H3,(H,30,31)/t20-,22+/m1/s1. The number of methoxy groups -OCH3 is 1. The molecule has 0 unspecified atom stereocenters. The van der Waals surface area contributed by atoms with Crippen molar-refractivity contribution >= 4 is 40.0 Å². The zero-order chi connectivity index (χ0) is 23.8. The number of likely N-dealkylation sites (tertiary alicyclic amines) is 1. The van der Waals surface area contributed by atoms with Gasteiger partial charge in [0.25, 0.3) is 0 Å². The van der Waals surface area contributed by atoms with Crippen molar-refractivity contribution in [3.05, 3.63) is 53.5 Å². The fourth-order valence-corrected chi connectivity index (χ4v) is 6.87. The Hall–Kier alpha value is -2.09. The van der Waals surface area contributed by atoms with Crippen LogP contribution in [0.4, 0.5) is 0 Å². The molecular weight excluding hydrogens is 464 g/mol. The van der Waals surface area contributed by atoms with E-state index < -0.39 is 5.97 Å². The summed E-state index contributed by atoms with van der Waals surface area (Å²) >= 11 is 3.72. The van der Waals surface area contributed by atoms with E-state index >= 15 is 0 Å². The topological polar surface area (TPSA) is 62.7 Å². The van der Waals surface area contributed by atoms with E-state index in [0.29, 0.717) is 5.92 Å². The Balaban J connectivity index is 1.28. The summed E-state index contributed by atoms with van der Waals surface area (Å²) in [5.74, 6) is 2.03. The van der Waals surface area contributed by atoms with Gasteiger partial charge in [-0.25, -0.2) is 0 Å². The minimum atomic E-state index is -0.669. The van der Waals surface area contributed by atoms with Gasteiger partial charge in [0.15, 0.2) is 0 Å². The highest BCUT2D eigenvalue weighted by Gasteiger charge is 2.30. The van der Waals surface area contributed by atoms with Crippen LogP contribution in [0.15, 0.2) is 52.2 Å². The minimum Gasteiger partial charge on any atom is -0.497 e. The van der Waals surface area contributed by atoms with E-state index in [2.05, 4.69) is 39.5 Å². The molecule has 5 nitrogen and oxygen atoms in total. The second-order valence-corrected chi connectivity index (χ2v) is 11.4. The number of thioether (sulfide) groups is 1. The molecular formula is C27H34N2O3S2. The molecule has 7 heteroatoms. The van der Waals surface area contributed by atoms with Crippen LogP contribution >= 0.6 is 23.1 Å². The van der Waals surface area contributed by atoms with Gasteiger partial charge in [-0.2, -0.15) is 0 Å².